The van der Waals surface area contributed by atoms with Crippen molar-refractivity contribution in [1.82, 2.24) is 14.9 Å². The molecule has 0 aromatic carbocycles. The fraction of sp³-hybridized carbons (Fsp3) is 0.909. The van der Waals surface area contributed by atoms with E-state index in [1.165, 1.54) is 12.8 Å². The molecule has 18 heavy (non-hydrogen) atoms. The summed E-state index contributed by atoms with van der Waals surface area (Å²) in [5.41, 5.74) is 0. The predicted molar refractivity (Wildman–Crippen MR) is 70.8 cm³/mol. The molecule has 2 N–H and O–H groups in total. The molecule has 0 saturated carbocycles. The lowest BCUT2D eigenvalue weighted by molar-refractivity contribution is -0.122. The first kappa shape index (κ1) is 15.4. The van der Waals surface area contributed by atoms with E-state index in [0.717, 1.165) is 32.2 Å². The number of sulfonamides is 1. The average Bonchev–Trinajstić information content (AvgIpc) is 2.52. The normalized spacial score (nSPS) is 18.3. The minimum atomic E-state index is -3.17. The van der Waals surface area contributed by atoms with Crippen LogP contribution in [-0.2, 0) is 14.8 Å². The minimum Gasteiger partial charge on any atom is -0.354 e. The molecule has 0 spiro atoms. The summed E-state index contributed by atoms with van der Waals surface area (Å²) in [6, 6.07) is 0. The average molecular weight is 277 g/mol. The first-order valence-corrected chi connectivity index (χ1v) is 8.30. The molecule has 0 bridgehead atoms. The Kier molecular flexibility index (Phi) is 6.59. The fourth-order valence-electron chi connectivity index (χ4n) is 1.99. The van der Waals surface area contributed by atoms with Gasteiger partial charge in [0, 0.05) is 13.1 Å². The maximum Gasteiger partial charge on any atom is 0.234 e. The lowest BCUT2D eigenvalue weighted by atomic mass is 10.2. The van der Waals surface area contributed by atoms with E-state index in [1.54, 1.807) is 0 Å². The van der Waals surface area contributed by atoms with Crippen LogP contribution in [0.3, 0.4) is 0 Å². The zero-order valence-corrected chi connectivity index (χ0v) is 11.8. The molecule has 106 valence electrons. The molecule has 0 atom stereocenters. The van der Waals surface area contributed by atoms with Crippen molar-refractivity contribution in [1.29, 1.82) is 0 Å². The molecule has 0 unspecified atom stereocenters. The first-order chi connectivity index (χ1) is 8.47. The summed E-state index contributed by atoms with van der Waals surface area (Å²) >= 11 is 0. The molecule has 0 aromatic rings. The number of rotatable bonds is 6. The van der Waals surface area contributed by atoms with Crippen LogP contribution in [-0.4, -0.2) is 58.2 Å². The number of hydrogen-bond acceptors (Lipinski definition) is 4. The van der Waals surface area contributed by atoms with Crippen molar-refractivity contribution in [3.63, 3.8) is 0 Å². The molecule has 0 aromatic heterocycles. The maximum atomic E-state index is 11.6. The number of carbonyl (C=O) groups excluding carboxylic acids is 1. The molecule has 1 aliphatic rings. The highest BCUT2D eigenvalue weighted by Gasteiger charge is 2.12. The Morgan fingerprint density at radius 3 is 2.28 bits per heavy atom. The van der Waals surface area contributed by atoms with Gasteiger partial charge in [-0.15, -0.1) is 0 Å². The molecule has 1 heterocycles. The van der Waals surface area contributed by atoms with Gasteiger partial charge < -0.3 is 5.32 Å². The lowest BCUT2D eigenvalue weighted by Gasteiger charge is -2.18. The summed E-state index contributed by atoms with van der Waals surface area (Å²) < 4.78 is 23.9. The SMILES string of the molecule is CS(=O)(=O)NCCNC(=O)CN1CCCCCC1. The second-order valence-corrected chi connectivity index (χ2v) is 6.54. The highest BCUT2D eigenvalue weighted by Crippen LogP contribution is 2.08. The number of amides is 1. The van der Waals surface area contributed by atoms with Crippen LogP contribution in [0.1, 0.15) is 25.7 Å². The smallest absolute Gasteiger partial charge is 0.234 e. The standard InChI is InChI=1S/C11H23N3O3S/c1-18(16,17)13-7-6-12-11(15)10-14-8-4-2-3-5-9-14/h13H,2-10H2,1H3,(H,12,15). The number of carbonyl (C=O) groups is 1. The van der Waals surface area contributed by atoms with Crippen molar-refractivity contribution < 1.29 is 13.2 Å². The highest BCUT2D eigenvalue weighted by molar-refractivity contribution is 7.88. The molecule has 1 saturated heterocycles. The summed E-state index contributed by atoms with van der Waals surface area (Å²) in [5, 5.41) is 2.72. The third kappa shape index (κ3) is 7.62. The van der Waals surface area contributed by atoms with E-state index in [4.69, 9.17) is 0 Å². The summed E-state index contributed by atoms with van der Waals surface area (Å²) in [4.78, 5) is 13.8. The molecule has 0 radical (unpaired) electrons. The Balaban J connectivity index is 2.13. The van der Waals surface area contributed by atoms with Gasteiger partial charge in [-0.1, -0.05) is 12.8 Å². The van der Waals surface area contributed by atoms with E-state index in [0.29, 0.717) is 13.1 Å². The van der Waals surface area contributed by atoms with Crippen LogP contribution < -0.4 is 10.0 Å². The number of nitrogens with zero attached hydrogens (tertiary/aromatic N) is 1. The fourth-order valence-corrected chi connectivity index (χ4v) is 2.46. The van der Waals surface area contributed by atoms with Gasteiger partial charge in [0.2, 0.25) is 15.9 Å². The van der Waals surface area contributed by atoms with Gasteiger partial charge >= 0.3 is 0 Å². The van der Waals surface area contributed by atoms with Crippen molar-refractivity contribution >= 4 is 15.9 Å². The van der Waals surface area contributed by atoms with E-state index in [-0.39, 0.29) is 12.5 Å². The Hall–Kier alpha value is -0.660. The van der Waals surface area contributed by atoms with E-state index in [9.17, 15) is 13.2 Å². The van der Waals surface area contributed by atoms with Crippen LogP contribution in [0, 0.1) is 0 Å². The molecule has 1 fully saturated rings. The van der Waals surface area contributed by atoms with Crippen LogP contribution >= 0.6 is 0 Å². The molecule has 0 aliphatic carbocycles. The Labute approximate surface area is 109 Å². The molecule has 6 nitrogen and oxygen atoms in total. The third-order valence-electron chi connectivity index (χ3n) is 2.88. The molecule has 1 aliphatic heterocycles. The van der Waals surface area contributed by atoms with Gasteiger partial charge in [0.1, 0.15) is 0 Å². The van der Waals surface area contributed by atoms with Crippen LogP contribution in [0.4, 0.5) is 0 Å². The minimum absolute atomic E-state index is 0.0350. The van der Waals surface area contributed by atoms with Gasteiger partial charge in [-0.25, -0.2) is 13.1 Å². The highest BCUT2D eigenvalue weighted by atomic mass is 32.2. The Bertz CT molecular complexity index is 349. The summed E-state index contributed by atoms with van der Waals surface area (Å²) in [6.45, 7) is 2.95. The molecular weight excluding hydrogens is 254 g/mol. The van der Waals surface area contributed by atoms with Gasteiger partial charge in [-0.2, -0.15) is 0 Å². The van der Waals surface area contributed by atoms with Crippen LogP contribution in [0.25, 0.3) is 0 Å². The second kappa shape index (κ2) is 7.70. The van der Waals surface area contributed by atoms with Crippen molar-refractivity contribution in [2.24, 2.45) is 0 Å². The summed E-state index contributed by atoms with van der Waals surface area (Å²) in [7, 11) is -3.17. The van der Waals surface area contributed by atoms with Crippen molar-refractivity contribution in [3.05, 3.63) is 0 Å². The lowest BCUT2D eigenvalue weighted by Crippen LogP contribution is -2.40. The molecule has 1 rings (SSSR count). The van der Waals surface area contributed by atoms with Gasteiger partial charge in [0.25, 0.3) is 0 Å². The Morgan fingerprint density at radius 1 is 1.11 bits per heavy atom. The molecule has 7 heteroatoms. The van der Waals surface area contributed by atoms with Crippen LogP contribution in [0.5, 0.6) is 0 Å². The predicted octanol–water partition coefficient (Wildman–Crippen LogP) is -0.472. The van der Waals surface area contributed by atoms with E-state index in [1.807, 2.05) is 0 Å². The van der Waals surface area contributed by atoms with Gasteiger partial charge in [0.05, 0.1) is 12.8 Å². The van der Waals surface area contributed by atoms with Crippen molar-refractivity contribution in [2.75, 3.05) is 39.0 Å². The van der Waals surface area contributed by atoms with E-state index >= 15 is 0 Å². The summed E-state index contributed by atoms with van der Waals surface area (Å²) in [5.74, 6) is -0.0350. The first-order valence-electron chi connectivity index (χ1n) is 6.41. The number of hydrogen-bond donors (Lipinski definition) is 2. The van der Waals surface area contributed by atoms with Crippen molar-refractivity contribution in [2.45, 2.75) is 25.7 Å². The topological polar surface area (TPSA) is 78.5 Å². The van der Waals surface area contributed by atoms with E-state index < -0.39 is 10.0 Å². The zero-order valence-electron chi connectivity index (χ0n) is 10.9. The largest absolute Gasteiger partial charge is 0.354 e. The van der Waals surface area contributed by atoms with Gasteiger partial charge in [-0.3, -0.25) is 9.69 Å². The van der Waals surface area contributed by atoms with Gasteiger partial charge in [-0.05, 0) is 25.9 Å². The molecule has 1 amide bonds. The Morgan fingerprint density at radius 2 is 1.72 bits per heavy atom. The van der Waals surface area contributed by atoms with Crippen LogP contribution in [0.15, 0.2) is 0 Å². The number of likely N-dealkylation sites (tertiary alicyclic amines) is 1. The van der Waals surface area contributed by atoms with Gasteiger partial charge in [0.15, 0.2) is 0 Å². The zero-order chi connectivity index (χ0) is 13.4. The second-order valence-electron chi connectivity index (χ2n) is 4.71. The van der Waals surface area contributed by atoms with E-state index in [2.05, 4.69) is 14.9 Å². The van der Waals surface area contributed by atoms with Crippen molar-refractivity contribution in [3.8, 4) is 0 Å². The number of nitrogens with one attached hydrogen (secondary N) is 2. The maximum absolute atomic E-state index is 11.6. The van der Waals surface area contributed by atoms with Crippen LogP contribution in [0.2, 0.25) is 0 Å². The molecular formula is C11H23N3O3S. The summed E-state index contributed by atoms with van der Waals surface area (Å²) in [6.07, 6.45) is 5.91. The third-order valence-corrected chi connectivity index (χ3v) is 3.61. The quantitative estimate of drug-likeness (QED) is 0.643. The monoisotopic (exact) mass is 277 g/mol.